The molecule has 7 heteroatoms. The van der Waals surface area contributed by atoms with E-state index in [2.05, 4.69) is 0 Å². The Morgan fingerprint density at radius 1 is 0.952 bits per heavy atom. The van der Waals surface area contributed by atoms with Gasteiger partial charge in [0, 0.05) is 6.42 Å². The van der Waals surface area contributed by atoms with Crippen LogP contribution in [0.5, 0.6) is 0 Å². The molecule has 3 heterocycles. The molecule has 0 unspecified atom stereocenters. The predicted octanol–water partition coefficient (Wildman–Crippen LogP) is 1.25. The molecule has 0 spiro atoms. The summed E-state index contributed by atoms with van der Waals surface area (Å²) >= 11 is 0. The van der Waals surface area contributed by atoms with Crippen LogP contribution in [-0.4, -0.2) is 53.4 Å². The highest BCUT2D eigenvalue weighted by Crippen LogP contribution is 2.44. The molecule has 0 aromatic rings. The van der Waals surface area contributed by atoms with E-state index in [1.807, 2.05) is 27.7 Å². The van der Waals surface area contributed by atoms with Crippen LogP contribution in [0.3, 0.4) is 0 Å². The quantitative estimate of drug-likeness (QED) is 0.840. The topological polar surface area (TPSA) is 83.5 Å². The number of aliphatic carboxylic acids is 1. The first kappa shape index (κ1) is 15.2. The SMILES string of the molecule is CC1(C)O[C@H]2[C@@H](O1)[C@@H](CCC(=O)O)O[C@@H]1OC(C)(C)O[C@@H]12. The van der Waals surface area contributed by atoms with Crippen LogP contribution in [0.25, 0.3) is 0 Å². The third kappa shape index (κ3) is 2.93. The molecule has 5 atom stereocenters. The van der Waals surface area contributed by atoms with Crippen molar-refractivity contribution < 1.29 is 33.6 Å². The van der Waals surface area contributed by atoms with Crippen LogP contribution in [0.1, 0.15) is 40.5 Å². The van der Waals surface area contributed by atoms with Crippen molar-refractivity contribution in [2.75, 3.05) is 0 Å². The Kier molecular flexibility index (Phi) is 3.53. The molecule has 0 aliphatic carbocycles. The molecule has 7 nitrogen and oxygen atoms in total. The number of fused-ring (bicyclic) bond motifs is 3. The molecule has 3 aliphatic rings. The Bertz CT molecular complexity index is 433. The maximum atomic E-state index is 10.8. The van der Waals surface area contributed by atoms with E-state index in [4.69, 9.17) is 28.8 Å². The minimum atomic E-state index is -0.862. The zero-order chi connectivity index (χ0) is 15.4. The van der Waals surface area contributed by atoms with Gasteiger partial charge in [0.05, 0.1) is 6.10 Å². The molecule has 21 heavy (non-hydrogen) atoms. The molecule has 0 aromatic carbocycles. The van der Waals surface area contributed by atoms with E-state index >= 15 is 0 Å². The number of hydrogen-bond acceptors (Lipinski definition) is 6. The maximum Gasteiger partial charge on any atom is 0.303 e. The summed E-state index contributed by atoms with van der Waals surface area (Å²) in [5.41, 5.74) is 0. The van der Waals surface area contributed by atoms with Gasteiger partial charge in [-0.25, -0.2) is 0 Å². The summed E-state index contributed by atoms with van der Waals surface area (Å²) in [5.74, 6) is -2.36. The summed E-state index contributed by atoms with van der Waals surface area (Å²) in [6, 6.07) is 0. The van der Waals surface area contributed by atoms with Crippen molar-refractivity contribution in [3.05, 3.63) is 0 Å². The number of ether oxygens (including phenoxy) is 5. The Labute approximate surface area is 123 Å². The summed E-state index contributed by atoms with van der Waals surface area (Å²) in [7, 11) is 0. The van der Waals surface area contributed by atoms with Crippen molar-refractivity contribution in [3.8, 4) is 0 Å². The van der Waals surface area contributed by atoms with Crippen LogP contribution in [-0.2, 0) is 28.5 Å². The van der Waals surface area contributed by atoms with Gasteiger partial charge < -0.3 is 28.8 Å². The first-order valence-corrected chi connectivity index (χ1v) is 7.25. The van der Waals surface area contributed by atoms with Crippen molar-refractivity contribution in [1.29, 1.82) is 0 Å². The molecule has 120 valence electrons. The lowest BCUT2D eigenvalue weighted by molar-refractivity contribution is -0.235. The highest BCUT2D eigenvalue weighted by Gasteiger charge is 2.60. The second-order valence-corrected chi connectivity index (χ2v) is 6.64. The smallest absolute Gasteiger partial charge is 0.303 e. The van der Waals surface area contributed by atoms with Crippen LogP contribution < -0.4 is 0 Å². The summed E-state index contributed by atoms with van der Waals surface area (Å²) in [5, 5.41) is 8.87. The Hall–Kier alpha value is -0.730. The van der Waals surface area contributed by atoms with E-state index in [9.17, 15) is 4.79 Å². The van der Waals surface area contributed by atoms with Gasteiger partial charge in [0.15, 0.2) is 17.9 Å². The van der Waals surface area contributed by atoms with E-state index < -0.39 is 23.8 Å². The number of carboxylic acids is 1. The largest absolute Gasteiger partial charge is 0.481 e. The first-order valence-electron chi connectivity index (χ1n) is 7.25. The van der Waals surface area contributed by atoms with E-state index in [0.717, 1.165) is 0 Å². The van der Waals surface area contributed by atoms with Gasteiger partial charge in [-0.15, -0.1) is 0 Å². The average Bonchev–Trinajstić information content (AvgIpc) is 2.80. The normalized spacial score (nSPS) is 43.3. The Morgan fingerprint density at radius 2 is 1.52 bits per heavy atom. The molecule has 0 saturated carbocycles. The van der Waals surface area contributed by atoms with Crippen molar-refractivity contribution >= 4 is 5.97 Å². The first-order chi connectivity index (χ1) is 9.67. The number of rotatable bonds is 3. The minimum Gasteiger partial charge on any atom is -0.481 e. The average molecular weight is 302 g/mol. The van der Waals surface area contributed by atoms with Crippen molar-refractivity contribution in [2.24, 2.45) is 0 Å². The summed E-state index contributed by atoms with van der Waals surface area (Å²) in [4.78, 5) is 10.8. The van der Waals surface area contributed by atoms with Gasteiger partial charge in [0.1, 0.15) is 18.3 Å². The van der Waals surface area contributed by atoms with Gasteiger partial charge in [-0.2, -0.15) is 0 Å². The van der Waals surface area contributed by atoms with Gasteiger partial charge in [-0.05, 0) is 34.1 Å². The molecule has 0 bridgehead atoms. The highest BCUT2D eigenvalue weighted by molar-refractivity contribution is 5.66. The maximum absolute atomic E-state index is 10.8. The molecule has 3 rings (SSSR count). The fraction of sp³-hybridized carbons (Fsp3) is 0.929. The summed E-state index contributed by atoms with van der Waals surface area (Å²) in [6.45, 7) is 7.29. The molecule has 3 fully saturated rings. The van der Waals surface area contributed by atoms with Crippen molar-refractivity contribution in [1.82, 2.24) is 0 Å². The number of carboxylic acid groups (broad SMARTS) is 1. The van der Waals surface area contributed by atoms with E-state index in [1.165, 1.54) is 0 Å². The fourth-order valence-electron chi connectivity index (χ4n) is 3.19. The third-order valence-electron chi connectivity index (χ3n) is 3.89. The molecule has 3 saturated heterocycles. The second kappa shape index (κ2) is 4.89. The number of hydrogen-bond donors (Lipinski definition) is 1. The Morgan fingerprint density at radius 3 is 2.19 bits per heavy atom. The second-order valence-electron chi connectivity index (χ2n) is 6.64. The highest BCUT2D eigenvalue weighted by atomic mass is 16.9. The lowest BCUT2D eigenvalue weighted by Crippen LogP contribution is -2.55. The lowest BCUT2D eigenvalue weighted by atomic mass is 9.96. The standard InChI is InChI=1S/C14H22O7/c1-13(2)18-9-7(5-6-8(15)16)17-12-11(10(9)19-13)20-14(3,4)21-12/h7,9-12H,5-6H2,1-4H3,(H,15,16)/t7-,9+,10+,11-,12-/m1/s1. The van der Waals surface area contributed by atoms with Crippen LogP contribution in [0.4, 0.5) is 0 Å². The monoisotopic (exact) mass is 302 g/mol. The molecule has 0 radical (unpaired) electrons. The van der Waals surface area contributed by atoms with E-state index in [1.54, 1.807) is 0 Å². The van der Waals surface area contributed by atoms with Crippen molar-refractivity contribution in [3.63, 3.8) is 0 Å². The minimum absolute atomic E-state index is 0.0132. The third-order valence-corrected chi connectivity index (χ3v) is 3.89. The number of carbonyl (C=O) groups is 1. The molecule has 3 aliphatic heterocycles. The van der Waals surface area contributed by atoms with Gasteiger partial charge in [-0.3, -0.25) is 4.79 Å². The predicted molar refractivity (Wildman–Crippen MR) is 69.4 cm³/mol. The van der Waals surface area contributed by atoms with E-state index in [0.29, 0.717) is 6.42 Å². The lowest BCUT2D eigenvalue weighted by Gasteiger charge is -2.37. The summed E-state index contributed by atoms with van der Waals surface area (Å²) < 4.78 is 29.3. The van der Waals surface area contributed by atoms with Crippen LogP contribution >= 0.6 is 0 Å². The molecule has 1 N–H and O–H groups in total. The van der Waals surface area contributed by atoms with Crippen molar-refractivity contribution in [2.45, 2.75) is 82.8 Å². The van der Waals surface area contributed by atoms with Crippen LogP contribution in [0, 0.1) is 0 Å². The molecular formula is C14H22O7. The van der Waals surface area contributed by atoms with Crippen LogP contribution in [0.2, 0.25) is 0 Å². The van der Waals surface area contributed by atoms with Gasteiger partial charge in [0.2, 0.25) is 0 Å². The zero-order valence-corrected chi connectivity index (χ0v) is 12.7. The van der Waals surface area contributed by atoms with Gasteiger partial charge in [0.25, 0.3) is 0 Å². The van der Waals surface area contributed by atoms with E-state index in [-0.39, 0.29) is 30.8 Å². The molecule has 0 aromatic heterocycles. The molecule has 0 amide bonds. The summed E-state index contributed by atoms with van der Waals surface area (Å²) in [6.07, 6.45) is -1.61. The van der Waals surface area contributed by atoms with Gasteiger partial charge >= 0.3 is 5.97 Å². The Balaban J connectivity index is 1.80. The zero-order valence-electron chi connectivity index (χ0n) is 12.7. The molecular weight excluding hydrogens is 280 g/mol. The fourth-order valence-corrected chi connectivity index (χ4v) is 3.19. The van der Waals surface area contributed by atoms with Crippen LogP contribution in [0.15, 0.2) is 0 Å². The van der Waals surface area contributed by atoms with Gasteiger partial charge in [-0.1, -0.05) is 0 Å².